The van der Waals surface area contributed by atoms with E-state index in [1.807, 2.05) is 43.0 Å². The number of hydrogen-bond acceptors (Lipinski definition) is 4. The van der Waals surface area contributed by atoms with Gasteiger partial charge in [-0.05, 0) is 49.2 Å². The SMILES string of the molecule is Cc1ccc(C)c(N2NC(C(=O)N3CCN(c4ccccc4F)CC3)=CCC2=O)c1. The molecule has 2 aromatic carbocycles. The number of para-hydroxylation sites is 1. The summed E-state index contributed by atoms with van der Waals surface area (Å²) in [6.45, 7) is 5.99. The Balaban J connectivity index is 1.44. The molecule has 0 bridgehead atoms. The minimum atomic E-state index is -0.253. The van der Waals surface area contributed by atoms with Gasteiger partial charge in [0.15, 0.2) is 0 Å². The van der Waals surface area contributed by atoms with Crippen molar-refractivity contribution < 1.29 is 14.0 Å². The van der Waals surface area contributed by atoms with E-state index in [1.54, 1.807) is 23.1 Å². The van der Waals surface area contributed by atoms with Gasteiger partial charge in [0.2, 0.25) is 5.91 Å². The second kappa shape index (κ2) is 8.18. The average Bonchev–Trinajstić information content (AvgIpc) is 2.76. The number of anilines is 2. The summed E-state index contributed by atoms with van der Waals surface area (Å²) in [6, 6.07) is 12.6. The highest BCUT2D eigenvalue weighted by molar-refractivity contribution is 6.01. The summed E-state index contributed by atoms with van der Waals surface area (Å²) in [7, 11) is 0. The summed E-state index contributed by atoms with van der Waals surface area (Å²) in [5.74, 6) is -0.507. The van der Waals surface area contributed by atoms with Crippen LogP contribution in [0.2, 0.25) is 0 Å². The second-order valence-electron chi connectivity index (χ2n) is 7.68. The van der Waals surface area contributed by atoms with Crippen molar-refractivity contribution in [3.63, 3.8) is 0 Å². The molecule has 0 saturated carbocycles. The van der Waals surface area contributed by atoms with Crippen LogP contribution in [-0.2, 0) is 9.59 Å². The van der Waals surface area contributed by atoms with Crippen LogP contribution in [0.4, 0.5) is 15.8 Å². The zero-order valence-corrected chi connectivity index (χ0v) is 17.2. The van der Waals surface area contributed by atoms with Crippen LogP contribution in [0.3, 0.4) is 0 Å². The number of rotatable bonds is 3. The normalized spacial score (nSPS) is 17.0. The van der Waals surface area contributed by atoms with Crippen LogP contribution in [0.25, 0.3) is 0 Å². The van der Waals surface area contributed by atoms with Crippen LogP contribution in [0.15, 0.2) is 54.2 Å². The predicted molar refractivity (Wildman–Crippen MR) is 114 cm³/mol. The van der Waals surface area contributed by atoms with E-state index in [4.69, 9.17) is 0 Å². The number of carbonyl (C=O) groups excluding carboxylic acids is 2. The molecule has 1 saturated heterocycles. The molecule has 0 unspecified atom stereocenters. The van der Waals surface area contributed by atoms with E-state index in [1.165, 1.54) is 11.1 Å². The Bertz CT molecular complexity index is 1010. The zero-order valence-electron chi connectivity index (χ0n) is 17.2. The van der Waals surface area contributed by atoms with E-state index in [0.717, 1.165) is 16.8 Å². The summed E-state index contributed by atoms with van der Waals surface area (Å²) in [5.41, 5.74) is 6.72. The Labute approximate surface area is 175 Å². The highest BCUT2D eigenvalue weighted by atomic mass is 19.1. The van der Waals surface area contributed by atoms with Gasteiger partial charge in [0.25, 0.3) is 5.91 Å². The van der Waals surface area contributed by atoms with Crippen LogP contribution < -0.4 is 15.3 Å². The molecule has 2 heterocycles. The molecule has 30 heavy (non-hydrogen) atoms. The predicted octanol–water partition coefficient (Wildman–Crippen LogP) is 2.92. The quantitative estimate of drug-likeness (QED) is 0.849. The fraction of sp³-hybridized carbons (Fsp3) is 0.304. The first-order valence-corrected chi connectivity index (χ1v) is 10.1. The second-order valence-corrected chi connectivity index (χ2v) is 7.68. The van der Waals surface area contributed by atoms with Crippen LogP contribution in [-0.4, -0.2) is 42.9 Å². The monoisotopic (exact) mass is 408 g/mol. The molecule has 0 spiro atoms. The molecule has 6 nitrogen and oxygen atoms in total. The molecule has 2 amide bonds. The highest BCUT2D eigenvalue weighted by Crippen LogP contribution is 2.25. The largest absolute Gasteiger partial charge is 0.366 e. The highest BCUT2D eigenvalue weighted by Gasteiger charge is 2.30. The molecule has 4 rings (SSSR count). The standard InChI is InChI=1S/C23H25FN4O2/c1-16-7-8-17(2)21(15-16)28-22(29)10-9-19(25-28)23(30)27-13-11-26(12-14-27)20-6-4-3-5-18(20)24/h3-9,15,25H,10-14H2,1-2H3. The van der Waals surface area contributed by atoms with Crippen molar-refractivity contribution >= 4 is 23.2 Å². The van der Waals surface area contributed by atoms with Crippen molar-refractivity contribution in [2.45, 2.75) is 20.3 Å². The third kappa shape index (κ3) is 3.87. The van der Waals surface area contributed by atoms with Gasteiger partial charge in [0, 0.05) is 32.6 Å². The molecule has 7 heteroatoms. The number of piperazine rings is 1. The van der Waals surface area contributed by atoms with Gasteiger partial charge in [0.05, 0.1) is 11.4 Å². The maximum absolute atomic E-state index is 14.0. The molecule has 2 aliphatic rings. The Morgan fingerprint density at radius 3 is 2.47 bits per heavy atom. The number of halogens is 1. The third-order valence-corrected chi connectivity index (χ3v) is 5.56. The minimum absolute atomic E-state index is 0.107. The van der Waals surface area contributed by atoms with E-state index < -0.39 is 0 Å². The summed E-state index contributed by atoms with van der Waals surface area (Å²) >= 11 is 0. The molecule has 0 aromatic heterocycles. The molecular formula is C23H25FN4O2. The Morgan fingerprint density at radius 2 is 1.73 bits per heavy atom. The first-order valence-electron chi connectivity index (χ1n) is 10.1. The van der Waals surface area contributed by atoms with Gasteiger partial charge in [-0.1, -0.05) is 24.3 Å². The van der Waals surface area contributed by atoms with Gasteiger partial charge in [-0.2, -0.15) is 0 Å². The van der Waals surface area contributed by atoms with Crippen LogP contribution in [0.5, 0.6) is 0 Å². The van der Waals surface area contributed by atoms with Gasteiger partial charge in [-0.15, -0.1) is 0 Å². The summed E-state index contributed by atoms with van der Waals surface area (Å²) in [5, 5.41) is 1.46. The lowest BCUT2D eigenvalue weighted by Crippen LogP contribution is -2.54. The molecule has 0 radical (unpaired) electrons. The van der Waals surface area contributed by atoms with Crippen LogP contribution >= 0.6 is 0 Å². The van der Waals surface area contributed by atoms with E-state index in [0.29, 0.717) is 37.6 Å². The maximum atomic E-state index is 14.0. The van der Waals surface area contributed by atoms with Gasteiger partial charge in [0.1, 0.15) is 11.5 Å². The third-order valence-electron chi connectivity index (χ3n) is 5.56. The van der Waals surface area contributed by atoms with Gasteiger partial charge in [-0.3, -0.25) is 15.0 Å². The molecule has 2 aromatic rings. The first-order chi connectivity index (χ1) is 14.4. The van der Waals surface area contributed by atoms with Gasteiger partial charge in [-0.25, -0.2) is 9.40 Å². The number of benzene rings is 2. The van der Waals surface area contributed by atoms with Crippen molar-refractivity contribution in [1.82, 2.24) is 10.3 Å². The smallest absolute Gasteiger partial charge is 0.271 e. The number of hydrogen-bond donors (Lipinski definition) is 1. The molecule has 0 atom stereocenters. The van der Waals surface area contributed by atoms with E-state index in [2.05, 4.69) is 5.43 Å². The Morgan fingerprint density at radius 1 is 1.00 bits per heavy atom. The van der Waals surface area contributed by atoms with Crippen LogP contribution in [0, 0.1) is 19.7 Å². The lowest BCUT2D eigenvalue weighted by atomic mass is 10.1. The lowest BCUT2D eigenvalue weighted by molar-refractivity contribution is -0.128. The minimum Gasteiger partial charge on any atom is -0.366 e. The number of aryl methyl sites for hydroxylation is 2. The number of nitrogens with one attached hydrogen (secondary N) is 1. The fourth-order valence-electron chi connectivity index (χ4n) is 3.83. The maximum Gasteiger partial charge on any atom is 0.271 e. The van der Waals surface area contributed by atoms with Crippen molar-refractivity contribution in [3.8, 4) is 0 Å². The number of nitrogens with zero attached hydrogens (tertiary/aromatic N) is 3. The number of amides is 2. The summed E-state index contributed by atoms with van der Waals surface area (Å²) in [6.07, 6.45) is 1.81. The molecule has 1 fully saturated rings. The Kier molecular flexibility index (Phi) is 5.44. The lowest BCUT2D eigenvalue weighted by Gasteiger charge is -2.38. The summed E-state index contributed by atoms with van der Waals surface area (Å²) in [4.78, 5) is 29.2. The van der Waals surface area contributed by atoms with Gasteiger partial charge < -0.3 is 9.80 Å². The van der Waals surface area contributed by atoms with Crippen molar-refractivity contribution in [1.29, 1.82) is 0 Å². The van der Waals surface area contributed by atoms with E-state index >= 15 is 0 Å². The topological polar surface area (TPSA) is 55.9 Å². The number of carbonyl (C=O) groups is 2. The van der Waals surface area contributed by atoms with Gasteiger partial charge >= 0.3 is 0 Å². The van der Waals surface area contributed by atoms with Crippen molar-refractivity contribution in [3.05, 3.63) is 71.2 Å². The van der Waals surface area contributed by atoms with E-state index in [-0.39, 0.29) is 24.1 Å². The Hall–Kier alpha value is -3.35. The first kappa shape index (κ1) is 19.9. The fourth-order valence-corrected chi connectivity index (χ4v) is 3.83. The molecule has 2 aliphatic heterocycles. The molecule has 156 valence electrons. The van der Waals surface area contributed by atoms with Crippen molar-refractivity contribution in [2.24, 2.45) is 0 Å². The molecular weight excluding hydrogens is 383 g/mol. The average molecular weight is 408 g/mol. The zero-order chi connectivity index (χ0) is 21.3. The summed E-state index contributed by atoms with van der Waals surface area (Å²) < 4.78 is 14.0. The molecule has 1 N–H and O–H groups in total. The van der Waals surface area contributed by atoms with E-state index in [9.17, 15) is 14.0 Å². The molecule has 0 aliphatic carbocycles. The number of hydrazine groups is 1. The van der Waals surface area contributed by atoms with Crippen LogP contribution in [0.1, 0.15) is 17.5 Å². The van der Waals surface area contributed by atoms with Crippen molar-refractivity contribution in [2.75, 3.05) is 36.1 Å².